The lowest BCUT2D eigenvalue weighted by Crippen LogP contribution is -2.44. The monoisotopic (exact) mass is 505 g/mol. The van der Waals surface area contributed by atoms with E-state index in [9.17, 15) is 0 Å². The Morgan fingerprint density at radius 2 is 2.11 bits per heavy atom. The van der Waals surface area contributed by atoms with Crippen LogP contribution in [-0.2, 0) is 17.7 Å². The zero-order chi connectivity index (χ0) is 18.0. The third-order valence-electron chi connectivity index (χ3n) is 4.11. The fourth-order valence-corrected chi connectivity index (χ4v) is 3.42. The summed E-state index contributed by atoms with van der Waals surface area (Å²) in [5.74, 6) is 1.79. The Morgan fingerprint density at radius 1 is 1.30 bits per heavy atom. The lowest BCUT2D eigenvalue weighted by atomic mass is 10.3. The van der Waals surface area contributed by atoms with Gasteiger partial charge in [-0.1, -0.05) is 0 Å². The van der Waals surface area contributed by atoms with Crippen LogP contribution in [0.25, 0.3) is 0 Å². The number of hydrogen-bond acceptors (Lipinski definition) is 6. The smallest absolute Gasteiger partial charge is 0.191 e. The first kappa shape index (κ1) is 22.1. The number of guanidine groups is 1. The van der Waals surface area contributed by atoms with E-state index in [0.717, 1.165) is 69.1 Å². The summed E-state index contributed by atoms with van der Waals surface area (Å²) < 4.78 is 10.8. The Bertz CT molecular complexity index is 671. The highest BCUT2D eigenvalue weighted by Gasteiger charge is 2.10. The maximum absolute atomic E-state index is 5.39. The number of nitrogens with one attached hydrogen (secondary N) is 2. The van der Waals surface area contributed by atoms with Crippen molar-refractivity contribution in [1.82, 2.24) is 20.5 Å². The zero-order valence-corrected chi connectivity index (χ0v) is 18.8. The molecule has 7 nitrogen and oxygen atoms in total. The van der Waals surface area contributed by atoms with Gasteiger partial charge in [-0.3, -0.25) is 4.90 Å². The quantitative estimate of drug-likeness (QED) is 0.326. The number of aromatic nitrogens is 1. The van der Waals surface area contributed by atoms with E-state index in [4.69, 9.17) is 9.15 Å². The van der Waals surface area contributed by atoms with Crippen molar-refractivity contribution in [3.63, 3.8) is 0 Å². The van der Waals surface area contributed by atoms with Crippen molar-refractivity contribution >= 4 is 41.3 Å². The van der Waals surface area contributed by atoms with Crippen molar-refractivity contribution in [2.75, 3.05) is 45.9 Å². The lowest BCUT2D eigenvalue weighted by molar-refractivity contribution is 0.0389. The van der Waals surface area contributed by atoms with Crippen molar-refractivity contribution < 1.29 is 9.15 Å². The Labute approximate surface area is 181 Å². The maximum atomic E-state index is 5.39. The van der Waals surface area contributed by atoms with Crippen LogP contribution in [0.5, 0.6) is 0 Å². The van der Waals surface area contributed by atoms with Gasteiger partial charge in [-0.15, -0.1) is 35.3 Å². The van der Waals surface area contributed by atoms with Gasteiger partial charge in [0.15, 0.2) is 5.96 Å². The molecule has 150 valence electrons. The van der Waals surface area contributed by atoms with Crippen LogP contribution in [0.1, 0.15) is 15.6 Å². The van der Waals surface area contributed by atoms with E-state index in [1.807, 2.05) is 18.3 Å². The molecule has 0 spiro atoms. The number of morpholine rings is 1. The molecule has 0 atom stereocenters. The highest BCUT2D eigenvalue weighted by Crippen LogP contribution is 2.11. The third kappa shape index (κ3) is 8.16. The number of rotatable bonds is 8. The summed E-state index contributed by atoms with van der Waals surface area (Å²) >= 11 is 1.69. The molecule has 2 aromatic rings. The molecule has 0 unspecified atom stereocenters. The number of halogens is 1. The molecule has 0 radical (unpaired) electrons. The minimum atomic E-state index is 0. The summed E-state index contributed by atoms with van der Waals surface area (Å²) in [6.45, 7) is 8.91. The molecular formula is C18H28IN5O2S. The molecule has 1 aliphatic heterocycles. The first-order chi connectivity index (χ1) is 12.8. The van der Waals surface area contributed by atoms with Crippen LogP contribution < -0.4 is 10.6 Å². The average molecular weight is 505 g/mol. The Kier molecular flexibility index (Phi) is 10.1. The van der Waals surface area contributed by atoms with Gasteiger partial charge in [0, 0.05) is 50.2 Å². The highest BCUT2D eigenvalue weighted by molar-refractivity contribution is 14.0. The van der Waals surface area contributed by atoms with Gasteiger partial charge >= 0.3 is 0 Å². The van der Waals surface area contributed by atoms with Crippen molar-refractivity contribution in [2.45, 2.75) is 19.9 Å². The molecule has 2 N–H and O–H groups in total. The number of furan rings is 1. The number of thiazole rings is 1. The Balaban J connectivity index is 0.00000261. The first-order valence-corrected chi connectivity index (χ1v) is 9.87. The van der Waals surface area contributed by atoms with E-state index < -0.39 is 0 Å². The van der Waals surface area contributed by atoms with Crippen molar-refractivity contribution in [3.8, 4) is 0 Å². The predicted molar refractivity (Wildman–Crippen MR) is 119 cm³/mol. The first-order valence-electron chi connectivity index (χ1n) is 9.05. The molecular weight excluding hydrogens is 477 g/mol. The molecule has 9 heteroatoms. The zero-order valence-electron chi connectivity index (χ0n) is 15.6. The summed E-state index contributed by atoms with van der Waals surface area (Å²) in [4.78, 5) is 12.7. The summed E-state index contributed by atoms with van der Waals surface area (Å²) in [5.41, 5.74) is 0. The van der Waals surface area contributed by atoms with Gasteiger partial charge in [0.05, 0.1) is 26.0 Å². The number of aryl methyl sites for hydroxylation is 1. The fourth-order valence-electron chi connectivity index (χ4n) is 2.71. The molecule has 1 fully saturated rings. The number of ether oxygens (including phenoxy) is 1. The van der Waals surface area contributed by atoms with E-state index in [2.05, 4.69) is 32.4 Å². The van der Waals surface area contributed by atoms with Crippen molar-refractivity contribution in [1.29, 1.82) is 0 Å². The molecule has 2 aromatic heterocycles. The summed E-state index contributed by atoms with van der Waals surface area (Å²) in [6, 6.07) is 3.90. The molecule has 0 aromatic carbocycles. The van der Waals surface area contributed by atoms with Crippen LogP contribution >= 0.6 is 35.3 Å². The second-order valence-corrected chi connectivity index (χ2v) is 7.49. The van der Waals surface area contributed by atoms with Crippen LogP contribution in [0.15, 0.2) is 34.0 Å². The fraction of sp³-hybridized carbons (Fsp3) is 0.556. The SMILES string of the molecule is Cc1cnc(CN=C(NCCc2ccco2)NCCN2CCOCC2)s1.I. The minimum absolute atomic E-state index is 0. The number of aliphatic imine (C=N–C) groups is 1. The molecule has 3 heterocycles. The Hall–Kier alpha value is -1.17. The number of hydrogen-bond donors (Lipinski definition) is 2. The molecule has 1 saturated heterocycles. The minimum Gasteiger partial charge on any atom is -0.469 e. The van der Waals surface area contributed by atoms with E-state index in [1.165, 1.54) is 4.88 Å². The van der Waals surface area contributed by atoms with Crippen LogP contribution in [0.3, 0.4) is 0 Å². The molecule has 0 bridgehead atoms. The van der Waals surface area contributed by atoms with E-state index in [0.29, 0.717) is 6.54 Å². The van der Waals surface area contributed by atoms with E-state index in [-0.39, 0.29) is 24.0 Å². The van der Waals surface area contributed by atoms with E-state index in [1.54, 1.807) is 17.6 Å². The van der Waals surface area contributed by atoms with Crippen LogP contribution in [0.2, 0.25) is 0 Å². The summed E-state index contributed by atoms with van der Waals surface area (Å²) in [7, 11) is 0. The van der Waals surface area contributed by atoms with Gasteiger partial charge in [-0.25, -0.2) is 9.98 Å². The number of nitrogens with zero attached hydrogens (tertiary/aromatic N) is 3. The van der Waals surface area contributed by atoms with Gasteiger partial charge in [0.1, 0.15) is 10.8 Å². The van der Waals surface area contributed by atoms with Gasteiger partial charge in [-0.05, 0) is 19.1 Å². The third-order valence-corrected chi connectivity index (χ3v) is 5.01. The molecule has 3 rings (SSSR count). The van der Waals surface area contributed by atoms with Gasteiger partial charge in [0.25, 0.3) is 0 Å². The molecule has 27 heavy (non-hydrogen) atoms. The van der Waals surface area contributed by atoms with Crippen LogP contribution in [0.4, 0.5) is 0 Å². The molecule has 0 saturated carbocycles. The molecule has 0 amide bonds. The maximum Gasteiger partial charge on any atom is 0.191 e. The largest absolute Gasteiger partial charge is 0.469 e. The van der Waals surface area contributed by atoms with E-state index >= 15 is 0 Å². The van der Waals surface area contributed by atoms with Gasteiger partial charge in [0.2, 0.25) is 0 Å². The second kappa shape index (κ2) is 12.3. The van der Waals surface area contributed by atoms with Gasteiger partial charge < -0.3 is 19.8 Å². The molecule has 1 aliphatic rings. The topological polar surface area (TPSA) is 74.9 Å². The molecule has 0 aliphatic carbocycles. The van der Waals surface area contributed by atoms with Crippen LogP contribution in [0, 0.1) is 6.92 Å². The second-order valence-electron chi connectivity index (χ2n) is 6.17. The lowest BCUT2D eigenvalue weighted by Gasteiger charge is -2.26. The Morgan fingerprint density at radius 3 is 2.81 bits per heavy atom. The summed E-state index contributed by atoms with van der Waals surface area (Å²) in [5, 5.41) is 7.84. The highest BCUT2D eigenvalue weighted by atomic mass is 127. The normalized spacial score (nSPS) is 15.4. The standard InChI is InChI=1S/C18H27N5O2S.HI/c1-15-13-21-17(26-15)14-22-18(19-5-4-16-3-2-10-25-16)20-6-7-23-8-11-24-12-9-23;/h2-3,10,13H,4-9,11-12,14H2,1H3,(H2,19,20,22);1H. The van der Waals surface area contributed by atoms with Crippen LogP contribution in [-0.4, -0.2) is 61.8 Å². The predicted octanol–water partition coefficient (Wildman–Crippen LogP) is 2.27. The average Bonchev–Trinajstić information content (AvgIpc) is 3.32. The summed E-state index contributed by atoms with van der Waals surface area (Å²) in [6.07, 6.45) is 4.43. The van der Waals surface area contributed by atoms with Crippen molar-refractivity contribution in [3.05, 3.63) is 40.2 Å². The van der Waals surface area contributed by atoms with Gasteiger partial charge in [-0.2, -0.15) is 0 Å². The van der Waals surface area contributed by atoms with Crippen molar-refractivity contribution in [2.24, 2.45) is 4.99 Å².